The summed E-state index contributed by atoms with van der Waals surface area (Å²) in [6.07, 6.45) is 0. The fourth-order valence-electron chi connectivity index (χ4n) is 2.09. The van der Waals surface area contributed by atoms with E-state index in [1.165, 1.54) is 23.1 Å². The molecule has 12 heteroatoms. The Labute approximate surface area is 173 Å². The van der Waals surface area contributed by atoms with E-state index in [1.807, 2.05) is 11.5 Å². The highest BCUT2D eigenvalue weighted by Gasteiger charge is 2.15. The lowest BCUT2D eigenvalue weighted by molar-refractivity contribution is -0.113. The molecular formula is C15H14Cl2N6O2S2. The van der Waals surface area contributed by atoms with E-state index in [0.717, 1.165) is 0 Å². The van der Waals surface area contributed by atoms with Crippen molar-refractivity contribution in [1.82, 2.24) is 25.0 Å². The minimum absolute atomic E-state index is 0.179. The zero-order valence-corrected chi connectivity index (χ0v) is 17.2. The Bertz CT molecular complexity index is 919. The fraction of sp³-hybridized carbons (Fsp3) is 0.267. The quantitative estimate of drug-likeness (QED) is 0.528. The van der Waals surface area contributed by atoms with Crippen molar-refractivity contribution in [2.24, 2.45) is 0 Å². The topological polar surface area (TPSA) is 94.8 Å². The van der Waals surface area contributed by atoms with Crippen molar-refractivity contribution in [3.8, 4) is 5.75 Å². The van der Waals surface area contributed by atoms with Gasteiger partial charge in [-0.2, -0.15) is 0 Å². The van der Waals surface area contributed by atoms with Crippen LogP contribution in [0.25, 0.3) is 0 Å². The first-order chi connectivity index (χ1) is 13.1. The number of halogens is 2. The molecule has 0 saturated heterocycles. The van der Waals surface area contributed by atoms with Gasteiger partial charge in [-0.1, -0.05) is 46.3 Å². The van der Waals surface area contributed by atoms with Crippen molar-refractivity contribution in [3.63, 3.8) is 0 Å². The molecule has 1 N–H and O–H groups in total. The summed E-state index contributed by atoms with van der Waals surface area (Å²) in [5, 5.41) is 20.5. The van der Waals surface area contributed by atoms with E-state index >= 15 is 0 Å². The molecule has 0 aliphatic heterocycles. The number of carbonyl (C=O) groups is 1. The monoisotopic (exact) mass is 444 g/mol. The molecule has 0 atom stereocenters. The van der Waals surface area contributed by atoms with Gasteiger partial charge in [0.05, 0.1) is 10.8 Å². The molecule has 2 aromatic heterocycles. The minimum atomic E-state index is -0.189. The largest absolute Gasteiger partial charge is 0.484 e. The molecule has 27 heavy (non-hydrogen) atoms. The van der Waals surface area contributed by atoms with Crippen LogP contribution in [-0.4, -0.2) is 36.6 Å². The number of carbonyl (C=O) groups excluding carboxylic acids is 1. The summed E-state index contributed by atoms with van der Waals surface area (Å²) in [4.78, 5) is 12.0. The number of rotatable bonds is 8. The number of hydrogen-bond donors (Lipinski definition) is 1. The van der Waals surface area contributed by atoms with Gasteiger partial charge in [0.15, 0.2) is 11.0 Å². The second-order valence-electron chi connectivity index (χ2n) is 5.09. The Hall–Kier alpha value is -1.88. The number of nitrogens with one attached hydrogen (secondary N) is 1. The number of ether oxygens (including phenoxy) is 1. The molecule has 0 fully saturated rings. The summed E-state index contributed by atoms with van der Waals surface area (Å²) in [6.45, 7) is 2.78. The average molecular weight is 445 g/mol. The first kappa shape index (κ1) is 19.9. The Morgan fingerprint density at radius 1 is 1.33 bits per heavy atom. The van der Waals surface area contributed by atoms with E-state index in [9.17, 15) is 4.79 Å². The Morgan fingerprint density at radius 3 is 2.93 bits per heavy atom. The molecule has 1 aromatic carbocycles. The van der Waals surface area contributed by atoms with Gasteiger partial charge in [0.25, 0.3) is 0 Å². The molecule has 0 spiro atoms. The van der Waals surface area contributed by atoms with E-state index in [-0.39, 0.29) is 18.3 Å². The third-order valence-corrected chi connectivity index (χ3v) is 5.42. The van der Waals surface area contributed by atoms with Crippen LogP contribution in [0.15, 0.2) is 28.9 Å². The van der Waals surface area contributed by atoms with E-state index in [0.29, 0.717) is 38.5 Å². The van der Waals surface area contributed by atoms with Gasteiger partial charge in [0, 0.05) is 17.6 Å². The van der Waals surface area contributed by atoms with Gasteiger partial charge in [0.1, 0.15) is 17.9 Å². The summed E-state index contributed by atoms with van der Waals surface area (Å²) in [7, 11) is 0. The maximum Gasteiger partial charge on any atom is 0.236 e. The van der Waals surface area contributed by atoms with Crippen LogP contribution in [0, 0.1) is 0 Å². The van der Waals surface area contributed by atoms with Crippen LogP contribution in [-0.2, 0) is 17.9 Å². The summed E-state index contributed by atoms with van der Waals surface area (Å²) >= 11 is 14.6. The van der Waals surface area contributed by atoms with Gasteiger partial charge < -0.3 is 9.30 Å². The number of aromatic nitrogens is 5. The normalized spacial score (nSPS) is 10.8. The molecule has 142 valence electrons. The highest BCUT2D eigenvalue weighted by atomic mass is 35.5. The van der Waals surface area contributed by atoms with Crippen LogP contribution in [0.3, 0.4) is 0 Å². The van der Waals surface area contributed by atoms with Crippen LogP contribution in [0.2, 0.25) is 10.0 Å². The second kappa shape index (κ2) is 9.36. The number of anilines is 1. The molecule has 3 rings (SSSR count). The maximum absolute atomic E-state index is 12.0. The highest BCUT2D eigenvalue weighted by molar-refractivity contribution is 7.99. The number of hydrogen-bond acceptors (Lipinski definition) is 8. The van der Waals surface area contributed by atoms with Crippen LogP contribution in [0.4, 0.5) is 5.13 Å². The van der Waals surface area contributed by atoms with Gasteiger partial charge >= 0.3 is 0 Å². The molecule has 0 aliphatic carbocycles. The van der Waals surface area contributed by atoms with Crippen molar-refractivity contribution in [2.75, 3.05) is 11.1 Å². The Morgan fingerprint density at radius 2 is 2.19 bits per heavy atom. The zero-order chi connectivity index (χ0) is 19.2. The van der Waals surface area contributed by atoms with Gasteiger partial charge in [-0.05, 0) is 19.1 Å². The molecule has 1 amide bonds. The number of benzene rings is 1. The molecule has 0 aliphatic rings. The third-order valence-electron chi connectivity index (χ3n) is 3.30. The lowest BCUT2D eigenvalue weighted by atomic mass is 10.3. The van der Waals surface area contributed by atoms with Crippen LogP contribution in [0.1, 0.15) is 12.7 Å². The van der Waals surface area contributed by atoms with Gasteiger partial charge in [0.2, 0.25) is 11.0 Å². The lowest BCUT2D eigenvalue weighted by Crippen LogP contribution is -2.14. The van der Waals surface area contributed by atoms with E-state index in [2.05, 4.69) is 25.7 Å². The van der Waals surface area contributed by atoms with Crippen molar-refractivity contribution >= 4 is 57.3 Å². The fourth-order valence-corrected chi connectivity index (χ4v) is 3.71. The molecule has 3 aromatic rings. The van der Waals surface area contributed by atoms with Crippen molar-refractivity contribution < 1.29 is 9.53 Å². The highest BCUT2D eigenvalue weighted by Crippen LogP contribution is 2.28. The number of amides is 1. The van der Waals surface area contributed by atoms with Gasteiger partial charge in [-0.3, -0.25) is 10.1 Å². The van der Waals surface area contributed by atoms with Crippen molar-refractivity contribution in [2.45, 2.75) is 25.2 Å². The summed E-state index contributed by atoms with van der Waals surface area (Å²) < 4.78 is 7.59. The minimum Gasteiger partial charge on any atom is -0.484 e. The van der Waals surface area contributed by atoms with Crippen molar-refractivity contribution in [3.05, 3.63) is 39.6 Å². The van der Waals surface area contributed by atoms with Crippen LogP contribution >= 0.6 is 46.3 Å². The Balaban J connectivity index is 1.60. The first-order valence-corrected chi connectivity index (χ1v) is 10.4. The molecule has 0 bridgehead atoms. The summed E-state index contributed by atoms with van der Waals surface area (Å²) in [5.41, 5.74) is 1.55. The van der Waals surface area contributed by atoms with Crippen LogP contribution in [0.5, 0.6) is 5.75 Å². The smallest absolute Gasteiger partial charge is 0.236 e. The van der Waals surface area contributed by atoms with Crippen LogP contribution < -0.4 is 10.1 Å². The van der Waals surface area contributed by atoms with E-state index in [4.69, 9.17) is 27.9 Å². The molecule has 0 radical (unpaired) electrons. The second-order valence-corrected chi connectivity index (χ2v) is 7.71. The molecule has 0 saturated carbocycles. The van der Waals surface area contributed by atoms with Crippen molar-refractivity contribution in [1.29, 1.82) is 0 Å². The predicted octanol–water partition coefficient (Wildman–Crippen LogP) is 3.77. The Kier molecular flexibility index (Phi) is 6.89. The first-order valence-electron chi connectivity index (χ1n) is 7.75. The number of thioether (sulfide) groups is 1. The summed E-state index contributed by atoms with van der Waals surface area (Å²) in [5.74, 6) is 1.09. The number of nitrogens with zero attached hydrogens (tertiary/aromatic N) is 5. The van der Waals surface area contributed by atoms with Gasteiger partial charge in [-0.15, -0.1) is 20.4 Å². The average Bonchev–Trinajstić information content (AvgIpc) is 3.30. The molecular weight excluding hydrogens is 431 g/mol. The maximum atomic E-state index is 12.0. The molecule has 0 unspecified atom stereocenters. The zero-order valence-electron chi connectivity index (χ0n) is 14.1. The standard InChI is InChI=1S/C15H14Cl2N6O2S2/c1-2-23-12(6-25-11-5-9(16)3-4-10(11)17)20-22-15(23)26-7-13(24)19-14-21-18-8-27-14/h3-5,8H,2,6-7H2,1H3,(H,19,21,24). The van der Waals surface area contributed by atoms with E-state index < -0.39 is 0 Å². The molecule has 2 heterocycles. The summed E-state index contributed by atoms with van der Waals surface area (Å²) in [6, 6.07) is 5.00. The SMILES string of the molecule is CCn1c(COc2cc(Cl)ccc2Cl)nnc1SCC(=O)Nc1nncs1. The van der Waals surface area contributed by atoms with Gasteiger partial charge in [-0.25, -0.2) is 0 Å². The predicted molar refractivity (Wildman–Crippen MR) is 106 cm³/mol. The molecule has 8 nitrogen and oxygen atoms in total. The van der Waals surface area contributed by atoms with E-state index in [1.54, 1.807) is 23.7 Å². The lowest BCUT2D eigenvalue weighted by Gasteiger charge is -2.10. The third kappa shape index (κ3) is 5.32.